The number of nitrogens with one attached hydrogen (secondary N) is 1. The van der Waals surface area contributed by atoms with Crippen molar-refractivity contribution in [3.05, 3.63) is 23.5 Å². The summed E-state index contributed by atoms with van der Waals surface area (Å²) < 4.78 is 10.0. The summed E-state index contributed by atoms with van der Waals surface area (Å²) in [5, 5.41) is 3.51. The van der Waals surface area contributed by atoms with Crippen LogP contribution in [0.2, 0.25) is 5.15 Å². The van der Waals surface area contributed by atoms with Gasteiger partial charge in [0.05, 0.1) is 12.2 Å². The first kappa shape index (κ1) is 11.2. The van der Waals surface area contributed by atoms with Gasteiger partial charge in [-0.2, -0.15) is 0 Å². The number of halogens is 1. The molecule has 0 bridgehead atoms. The van der Waals surface area contributed by atoms with Crippen molar-refractivity contribution in [3.8, 4) is 0 Å². The molecule has 1 aromatic heterocycles. The fourth-order valence-corrected chi connectivity index (χ4v) is 1.16. The number of methoxy groups -OCH3 is 2. The number of pyridine rings is 1. The highest BCUT2D eigenvalue weighted by molar-refractivity contribution is 6.31. The van der Waals surface area contributed by atoms with Crippen molar-refractivity contribution in [1.29, 1.82) is 0 Å². The molecule has 0 aliphatic carbocycles. The molecule has 0 spiro atoms. The largest absolute Gasteiger partial charge is 0.377 e. The lowest BCUT2D eigenvalue weighted by Gasteiger charge is -2.15. The minimum atomic E-state index is -0.286. The van der Waals surface area contributed by atoms with E-state index in [0.717, 1.165) is 5.69 Å². The van der Waals surface area contributed by atoms with Gasteiger partial charge in [0.2, 0.25) is 0 Å². The van der Waals surface area contributed by atoms with E-state index >= 15 is 0 Å². The number of ether oxygens (including phenoxy) is 2. The molecule has 0 radical (unpaired) electrons. The van der Waals surface area contributed by atoms with Crippen LogP contribution in [0, 0.1) is 0 Å². The molecule has 4 nitrogen and oxygen atoms in total. The van der Waals surface area contributed by atoms with Crippen LogP contribution in [0.25, 0.3) is 0 Å². The molecule has 0 amide bonds. The van der Waals surface area contributed by atoms with Crippen LogP contribution < -0.4 is 5.32 Å². The van der Waals surface area contributed by atoms with E-state index in [1.807, 2.05) is 12.1 Å². The van der Waals surface area contributed by atoms with E-state index in [1.54, 1.807) is 20.4 Å². The zero-order valence-corrected chi connectivity index (χ0v) is 8.91. The molecule has 14 heavy (non-hydrogen) atoms. The first-order chi connectivity index (χ1) is 6.77. The van der Waals surface area contributed by atoms with E-state index in [0.29, 0.717) is 11.7 Å². The highest BCUT2D eigenvalue weighted by Gasteiger charge is 2.05. The van der Waals surface area contributed by atoms with E-state index < -0.39 is 0 Å². The van der Waals surface area contributed by atoms with Gasteiger partial charge >= 0.3 is 0 Å². The number of hydrogen-bond donors (Lipinski definition) is 1. The minimum Gasteiger partial charge on any atom is -0.377 e. The third-order valence-electron chi connectivity index (χ3n) is 1.74. The van der Waals surface area contributed by atoms with Gasteiger partial charge in [0.15, 0.2) is 11.4 Å². The number of anilines is 1. The molecule has 0 aliphatic rings. The molecule has 0 atom stereocenters. The summed E-state index contributed by atoms with van der Waals surface area (Å²) in [5.74, 6) is 0. The standard InChI is InChI=1S/C9H13ClN2O2/c1-13-8(14-2)6-12-7-4-3-5-11-9(7)10/h3-5,8,12H,6H2,1-2H3. The zero-order valence-electron chi connectivity index (χ0n) is 8.16. The predicted octanol–water partition coefficient (Wildman–Crippen LogP) is 1.77. The summed E-state index contributed by atoms with van der Waals surface area (Å²) >= 11 is 5.84. The van der Waals surface area contributed by atoms with E-state index in [9.17, 15) is 0 Å². The van der Waals surface area contributed by atoms with Crippen LogP contribution in [-0.4, -0.2) is 32.0 Å². The lowest BCUT2D eigenvalue weighted by atomic mass is 10.4. The van der Waals surface area contributed by atoms with Crippen molar-refractivity contribution in [3.63, 3.8) is 0 Å². The first-order valence-corrected chi connectivity index (χ1v) is 4.55. The maximum absolute atomic E-state index is 5.84. The van der Waals surface area contributed by atoms with Crippen molar-refractivity contribution in [2.24, 2.45) is 0 Å². The number of aromatic nitrogens is 1. The average molecular weight is 217 g/mol. The van der Waals surface area contributed by atoms with Gasteiger partial charge in [0, 0.05) is 20.4 Å². The van der Waals surface area contributed by atoms with E-state index in [4.69, 9.17) is 21.1 Å². The normalized spacial score (nSPS) is 10.6. The maximum atomic E-state index is 5.84. The van der Waals surface area contributed by atoms with Gasteiger partial charge in [-0.3, -0.25) is 0 Å². The Morgan fingerprint density at radius 3 is 2.79 bits per heavy atom. The second-order valence-electron chi connectivity index (χ2n) is 2.62. The highest BCUT2D eigenvalue weighted by Crippen LogP contribution is 2.17. The second-order valence-corrected chi connectivity index (χ2v) is 2.98. The molecule has 78 valence electrons. The first-order valence-electron chi connectivity index (χ1n) is 4.18. The van der Waals surface area contributed by atoms with Crippen LogP contribution in [0.4, 0.5) is 5.69 Å². The van der Waals surface area contributed by atoms with Crippen LogP contribution in [0.1, 0.15) is 0 Å². The quantitative estimate of drug-likeness (QED) is 0.602. The Kier molecular flexibility index (Phi) is 4.65. The van der Waals surface area contributed by atoms with E-state index in [2.05, 4.69) is 10.3 Å². The van der Waals surface area contributed by atoms with Crippen LogP contribution in [0.15, 0.2) is 18.3 Å². The van der Waals surface area contributed by atoms with Crippen LogP contribution in [0.3, 0.4) is 0 Å². The molecule has 0 aromatic carbocycles. The summed E-state index contributed by atoms with van der Waals surface area (Å²) in [6, 6.07) is 3.65. The summed E-state index contributed by atoms with van der Waals surface area (Å²) in [6.45, 7) is 0.526. The molecule has 1 aromatic rings. The van der Waals surface area contributed by atoms with Gasteiger partial charge < -0.3 is 14.8 Å². The third-order valence-corrected chi connectivity index (χ3v) is 2.05. The number of nitrogens with zero attached hydrogens (tertiary/aromatic N) is 1. The van der Waals surface area contributed by atoms with Crippen molar-refractivity contribution in [1.82, 2.24) is 4.98 Å². The molecule has 1 rings (SSSR count). The van der Waals surface area contributed by atoms with Crippen LogP contribution >= 0.6 is 11.6 Å². The van der Waals surface area contributed by atoms with Gasteiger partial charge in [0.25, 0.3) is 0 Å². The topological polar surface area (TPSA) is 43.4 Å². The molecular formula is C9H13ClN2O2. The van der Waals surface area contributed by atoms with Crippen LogP contribution in [-0.2, 0) is 9.47 Å². The summed E-state index contributed by atoms with van der Waals surface area (Å²) in [6.07, 6.45) is 1.35. The van der Waals surface area contributed by atoms with Crippen molar-refractivity contribution in [2.45, 2.75) is 6.29 Å². The van der Waals surface area contributed by atoms with Crippen molar-refractivity contribution >= 4 is 17.3 Å². The molecule has 0 fully saturated rings. The molecule has 0 saturated carbocycles. The van der Waals surface area contributed by atoms with Gasteiger partial charge in [-0.05, 0) is 12.1 Å². The molecule has 0 saturated heterocycles. The maximum Gasteiger partial charge on any atom is 0.173 e. The average Bonchev–Trinajstić information content (AvgIpc) is 2.22. The Bertz CT molecular complexity index is 279. The fraction of sp³-hybridized carbons (Fsp3) is 0.444. The van der Waals surface area contributed by atoms with E-state index in [1.165, 1.54) is 0 Å². The lowest BCUT2D eigenvalue weighted by molar-refractivity contribution is -0.0914. The van der Waals surface area contributed by atoms with Gasteiger partial charge in [-0.15, -0.1) is 0 Å². The molecule has 5 heteroatoms. The second kappa shape index (κ2) is 5.80. The number of rotatable bonds is 5. The zero-order chi connectivity index (χ0) is 10.4. The summed E-state index contributed by atoms with van der Waals surface area (Å²) in [7, 11) is 3.17. The monoisotopic (exact) mass is 216 g/mol. The Labute approximate surface area is 88.2 Å². The Hall–Kier alpha value is -0.840. The summed E-state index contributed by atoms with van der Waals surface area (Å²) in [5.41, 5.74) is 0.772. The molecule has 1 N–H and O–H groups in total. The Balaban J connectivity index is 2.49. The summed E-state index contributed by atoms with van der Waals surface area (Å²) in [4.78, 5) is 3.93. The Morgan fingerprint density at radius 2 is 2.21 bits per heavy atom. The third kappa shape index (κ3) is 3.14. The van der Waals surface area contributed by atoms with Gasteiger partial charge in [-0.1, -0.05) is 11.6 Å². The fourth-order valence-electron chi connectivity index (χ4n) is 0.974. The predicted molar refractivity (Wildman–Crippen MR) is 55.5 cm³/mol. The highest BCUT2D eigenvalue weighted by atomic mass is 35.5. The minimum absolute atomic E-state index is 0.286. The van der Waals surface area contributed by atoms with E-state index in [-0.39, 0.29) is 6.29 Å². The number of hydrogen-bond acceptors (Lipinski definition) is 4. The van der Waals surface area contributed by atoms with Crippen molar-refractivity contribution in [2.75, 3.05) is 26.1 Å². The van der Waals surface area contributed by atoms with Gasteiger partial charge in [-0.25, -0.2) is 4.98 Å². The van der Waals surface area contributed by atoms with Crippen LogP contribution in [0.5, 0.6) is 0 Å². The lowest BCUT2D eigenvalue weighted by Crippen LogP contribution is -2.23. The molecule has 0 aliphatic heterocycles. The smallest absolute Gasteiger partial charge is 0.173 e. The molecule has 0 unspecified atom stereocenters. The van der Waals surface area contributed by atoms with Gasteiger partial charge in [0.1, 0.15) is 0 Å². The molecular weight excluding hydrogens is 204 g/mol. The Morgan fingerprint density at radius 1 is 1.50 bits per heavy atom. The van der Waals surface area contributed by atoms with Crippen molar-refractivity contribution < 1.29 is 9.47 Å². The SMILES string of the molecule is COC(CNc1cccnc1Cl)OC. The molecule has 1 heterocycles.